The zero-order valence-electron chi connectivity index (χ0n) is 31.2. The molecule has 4 aliphatic carbocycles. The summed E-state index contributed by atoms with van der Waals surface area (Å²) in [5.74, 6) is 5.06. The summed E-state index contributed by atoms with van der Waals surface area (Å²) in [4.78, 5) is 0. The Kier molecular flexibility index (Phi) is 15.8. The van der Waals surface area contributed by atoms with Crippen molar-refractivity contribution in [2.45, 2.75) is 208 Å². The van der Waals surface area contributed by atoms with E-state index in [0.717, 1.165) is 25.7 Å². The molecule has 0 aromatic rings. The lowest BCUT2D eigenvalue weighted by Crippen LogP contribution is -2.61. The van der Waals surface area contributed by atoms with E-state index in [1.807, 2.05) is 0 Å². The maximum Gasteiger partial charge on any atom is 0.680 e. The molecule has 4 saturated carbocycles. The summed E-state index contributed by atoms with van der Waals surface area (Å²) in [7, 11) is -3.55. The topological polar surface area (TPSA) is 36.9 Å². The molecule has 0 N–H and O–H groups in total. The second-order valence-corrected chi connectivity index (χ2v) is 18.9. The molecular formula is C40H76O4Si. The van der Waals surface area contributed by atoms with Crippen LogP contribution in [0.4, 0.5) is 0 Å². The van der Waals surface area contributed by atoms with Crippen LogP contribution in [-0.4, -0.2) is 33.5 Å². The van der Waals surface area contributed by atoms with Gasteiger partial charge in [-0.1, -0.05) is 107 Å². The first-order valence-corrected chi connectivity index (χ1v) is 22.0. The Morgan fingerprint density at radius 3 is 0.800 bits per heavy atom. The van der Waals surface area contributed by atoms with Crippen molar-refractivity contribution in [3.05, 3.63) is 0 Å². The van der Waals surface area contributed by atoms with Crippen molar-refractivity contribution in [2.24, 2.45) is 47.3 Å². The fourth-order valence-corrected chi connectivity index (χ4v) is 12.8. The minimum atomic E-state index is -3.55. The van der Waals surface area contributed by atoms with Crippen LogP contribution in [0.5, 0.6) is 0 Å². The Bertz CT molecular complexity index is 689. The third kappa shape index (κ3) is 11.0. The maximum atomic E-state index is 7.68. The SMILES string of the molecule is CCCC1CCC(C)CC1O[Si](OC1CC(C)CCC1CCC)(OC1CC(C)CCC1CCC)OC1CC(C)CCC1CCC. The molecule has 0 amide bonds. The highest BCUT2D eigenvalue weighted by atomic mass is 28.4. The van der Waals surface area contributed by atoms with Crippen molar-refractivity contribution in [1.82, 2.24) is 0 Å². The van der Waals surface area contributed by atoms with Gasteiger partial charge in [0.2, 0.25) is 0 Å². The van der Waals surface area contributed by atoms with Crippen LogP contribution in [0, 0.1) is 47.3 Å². The van der Waals surface area contributed by atoms with E-state index < -0.39 is 9.05 Å². The third-order valence-corrected chi connectivity index (χ3v) is 14.9. The first-order valence-electron chi connectivity index (χ1n) is 20.4. The normalized spacial score (nSPS) is 41.1. The van der Waals surface area contributed by atoms with E-state index in [0.29, 0.717) is 47.3 Å². The largest absolute Gasteiger partial charge is 0.680 e. The molecule has 0 saturated heterocycles. The van der Waals surface area contributed by atoms with Gasteiger partial charge in [-0.3, -0.25) is 0 Å². The van der Waals surface area contributed by atoms with Crippen molar-refractivity contribution < 1.29 is 17.7 Å². The lowest BCUT2D eigenvalue weighted by atomic mass is 9.79. The van der Waals surface area contributed by atoms with E-state index in [9.17, 15) is 0 Å². The van der Waals surface area contributed by atoms with Crippen LogP contribution < -0.4 is 0 Å². The van der Waals surface area contributed by atoms with Gasteiger partial charge in [0.25, 0.3) is 0 Å². The van der Waals surface area contributed by atoms with Crippen LogP contribution >= 0.6 is 0 Å². The van der Waals surface area contributed by atoms with Gasteiger partial charge < -0.3 is 17.7 Å². The smallest absolute Gasteiger partial charge is 0.348 e. The zero-order valence-corrected chi connectivity index (χ0v) is 32.2. The molecular weight excluding hydrogens is 573 g/mol. The maximum absolute atomic E-state index is 7.68. The molecule has 0 bridgehead atoms. The Labute approximate surface area is 281 Å². The van der Waals surface area contributed by atoms with Crippen LogP contribution in [0.3, 0.4) is 0 Å². The number of hydrogen-bond donors (Lipinski definition) is 0. The standard InChI is InChI=1S/C40H76O4Si/c1-9-13-33-21-17-29(5)25-37(33)41-45(42-38-26-30(6)18-22-34(38)14-10-2,43-39-27-31(7)19-23-35(39)15-11-3)44-40-28-32(8)20-24-36(40)16-12-4/h29-40H,9-28H2,1-8H3. The van der Waals surface area contributed by atoms with E-state index >= 15 is 0 Å². The number of rotatable bonds is 16. The monoisotopic (exact) mass is 649 g/mol. The molecule has 5 heteroatoms. The predicted molar refractivity (Wildman–Crippen MR) is 191 cm³/mol. The molecule has 45 heavy (non-hydrogen) atoms. The zero-order chi connectivity index (χ0) is 32.4. The molecule has 4 fully saturated rings. The van der Waals surface area contributed by atoms with Gasteiger partial charge in [-0.15, -0.1) is 0 Å². The van der Waals surface area contributed by atoms with Gasteiger partial charge in [-0.05, 0) is 124 Å². The highest BCUT2D eigenvalue weighted by Crippen LogP contribution is 2.44. The van der Waals surface area contributed by atoms with Crippen molar-refractivity contribution in [3.63, 3.8) is 0 Å². The summed E-state index contributed by atoms with van der Waals surface area (Å²) in [6, 6.07) is 0. The van der Waals surface area contributed by atoms with Crippen LogP contribution in [0.1, 0.15) is 184 Å². The highest BCUT2D eigenvalue weighted by Gasteiger charge is 2.57. The van der Waals surface area contributed by atoms with Gasteiger partial charge in [0.1, 0.15) is 0 Å². The third-order valence-electron chi connectivity index (χ3n) is 12.6. The van der Waals surface area contributed by atoms with Gasteiger partial charge in [-0.25, -0.2) is 0 Å². The van der Waals surface area contributed by atoms with Crippen LogP contribution in [-0.2, 0) is 17.7 Å². The van der Waals surface area contributed by atoms with Gasteiger partial charge in [0.05, 0.1) is 24.4 Å². The van der Waals surface area contributed by atoms with Gasteiger partial charge in [0, 0.05) is 0 Å². The minimum absolute atomic E-state index is 0.183. The minimum Gasteiger partial charge on any atom is -0.348 e. The summed E-state index contributed by atoms with van der Waals surface area (Å²) in [6.45, 7) is 19.1. The Morgan fingerprint density at radius 2 is 0.600 bits per heavy atom. The van der Waals surface area contributed by atoms with E-state index in [-0.39, 0.29) is 24.4 Å². The summed E-state index contributed by atoms with van der Waals surface area (Å²) >= 11 is 0. The molecule has 12 atom stereocenters. The Balaban J connectivity index is 1.77. The van der Waals surface area contributed by atoms with Crippen LogP contribution in [0.15, 0.2) is 0 Å². The molecule has 4 aliphatic rings. The van der Waals surface area contributed by atoms with E-state index in [1.54, 1.807) is 0 Å². The molecule has 0 radical (unpaired) electrons. The first-order chi connectivity index (χ1) is 21.7. The fraction of sp³-hybridized carbons (Fsp3) is 1.00. The summed E-state index contributed by atoms with van der Waals surface area (Å²) < 4.78 is 30.7. The Hall–Kier alpha value is 0.0569. The van der Waals surface area contributed by atoms with Crippen molar-refractivity contribution in [3.8, 4) is 0 Å². The highest BCUT2D eigenvalue weighted by molar-refractivity contribution is 6.53. The van der Waals surface area contributed by atoms with Gasteiger partial charge in [-0.2, -0.15) is 0 Å². The molecule has 12 unspecified atom stereocenters. The average Bonchev–Trinajstić information content (AvgIpc) is 2.99. The molecule has 0 aromatic carbocycles. The molecule has 0 spiro atoms. The van der Waals surface area contributed by atoms with Crippen molar-refractivity contribution >= 4 is 9.05 Å². The van der Waals surface area contributed by atoms with Gasteiger partial charge in [0.15, 0.2) is 0 Å². The fourth-order valence-electron chi connectivity index (χ4n) is 9.86. The first kappa shape index (κ1) is 37.9. The summed E-state index contributed by atoms with van der Waals surface area (Å²) in [5, 5.41) is 0. The van der Waals surface area contributed by atoms with Crippen LogP contribution in [0.25, 0.3) is 0 Å². The molecule has 0 aromatic heterocycles. The second-order valence-electron chi connectivity index (χ2n) is 17.0. The van der Waals surface area contributed by atoms with Crippen LogP contribution in [0.2, 0.25) is 0 Å². The predicted octanol–water partition coefficient (Wildman–Crippen LogP) is 11.9. The van der Waals surface area contributed by atoms with Crippen molar-refractivity contribution in [2.75, 3.05) is 0 Å². The van der Waals surface area contributed by atoms with E-state index in [1.165, 1.54) is 103 Å². The lowest BCUT2D eigenvalue weighted by Gasteiger charge is -2.48. The van der Waals surface area contributed by atoms with E-state index in [2.05, 4.69) is 55.4 Å². The molecule has 264 valence electrons. The molecule has 0 heterocycles. The second kappa shape index (κ2) is 18.7. The quantitative estimate of drug-likeness (QED) is 0.156. The lowest BCUT2D eigenvalue weighted by molar-refractivity contribution is -0.156. The van der Waals surface area contributed by atoms with E-state index in [4.69, 9.17) is 17.7 Å². The molecule has 4 rings (SSSR count). The van der Waals surface area contributed by atoms with Crippen molar-refractivity contribution in [1.29, 1.82) is 0 Å². The Morgan fingerprint density at radius 1 is 0.378 bits per heavy atom. The summed E-state index contributed by atoms with van der Waals surface area (Å²) in [6.07, 6.45) is 25.3. The molecule has 0 aliphatic heterocycles. The number of hydrogen-bond acceptors (Lipinski definition) is 4. The summed E-state index contributed by atoms with van der Waals surface area (Å²) in [5.41, 5.74) is 0. The average molecular weight is 649 g/mol. The van der Waals surface area contributed by atoms with Gasteiger partial charge >= 0.3 is 9.05 Å². The molecule has 4 nitrogen and oxygen atoms in total.